The van der Waals surface area contributed by atoms with Gasteiger partial charge >= 0.3 is 5.76 Å². The summed E-state index contributed by atoms with van der Waals surface area (Å²) in [5, 5.41) is 0.510. The molecule has 3 aromatic rings. The minimum absolute atomic E-state index is 0.150. The van der Waals surface area contributed by atoms with E-state index in [-0.39, 0.29) is 5.78 Å². The molecule has 0 fully saturated rings. The molecular formula is C16H12ClNO3. The smallest absolute Gasteiger partial charge is 0.408 e. The molecule has 0 bridgehead atoms. The molecule has 0 saturated carbocycles. The Hall–Kier alpha value is -2.33. The highest BCUT2D eigenvalue weighted by molar-refractivity contribution is 6.31. The number of aromatic nitrogens is 1. The minimum Gasteiger partial charge on any atom is -0.408 e. The summed E-state index contributed by atoms with van der Waals surface area (Å²) in [6, 6.07) is 10.2. The molecule has 4 nitrogen and oxygen atoms in total. The number of ketones is 1. The molecule has 1 heterocycles. The third-order valence-electron chi connectivity index (χ3n) is 3.50. The van der Waals surface area contributed by atoms with Gasteiger partial charge in [-0.15, -0.1) is 0 Å². The van der Waals surface area contributed by atoms with Crippen molar-refractivity contribution >= 4 is 28.5 Å². The van der Waals surface area contributed by atoms with Crippen molar-refractivity contribution in [2.45, 2.75) is 6.92 Å². The molecule has 0 N–H and O–H groups in total. The molecule has 0 saturated heterocycles. The maximum Gasteiger partial charge on any atom is 0.419 e. The lowest BCUT2D eigenvalue weighted by atomic mass is 9.99. The summed E-state index contributed by atoms with van der Waals surface area (Å²) in [4.78, 5) is 24.1. The first-order chi connectivity index (χ1) is 9.97. The van der Waals surface area contributed by atoms with Crippen molar-refractivity contribution in [3.05, 3.63) is 68.7 Å². The number of hydrogen-bond acceptors (Lipinski definition) is 3. The molecule has 1 aromatic heterocycles. The van der Waals surface area contributed by atoms with E-state index in [1.165, 1.54) is 4.57 Å². The van der Waals surface area contributed by atoms with Crippen molar-refractivity contribution in [3.8, 4) is 0 Å². The number of nitrogens with zero attached hydrogens (tertiary/aromatic N) is 1. The fourth-order valence-electron chi connectivity index (χ4n) is 2.27. The van der Waals surface area contributed by atoms with Crippen molar-refractivity contribution in [2.24, 2.45) is 7.05 Å². The molecule has 0 unspecified atom stereocenters. The van der Waals surface area contributed by atoms with Gasteiger partial charge in [-0.1, -0.05) is 17.7 Å². The van der Waals surface area contributed by atoms with Gasteiger partial charge in [0.15, 0.2) is 11.4 Å². The molecule has 0 aliphatic carbocycles. The van der Waals surface area contributed by atoms with Gasteiger partial charge in [0.25, 0.3) is 0 Å². The van der Waals surface area contributed by atoms with Gasteiger partial charge in [0.05, 0.1) is 5.52 Å². The predicted molar refractivity (Wildman–Crippen MR) is 81.1 cm³/mol. The van der Waals surface area contributed by atoms with E-state index in [1.54, 1.807) is 43.4 Å². The number of benzene rings is 2. The fourth-order valence-corrected chi connectivity index (χ4v) is 2.44. The molecule has 106 valence electrons. The highest BCUT2D eigenvalue weighted by Gasteiger charge is 2.15. The van der Waals surface area contributed by atoms with E-state index in [4.69, 9.17) is 16.0 Å². The third kappa shape index (κ3) is 2.28. The lowest BCUT2D eigenvalue weighted by Gasteiger charge is -2.05. The van der Waals surface area contributed by atoms with Crippen LogP contribution in [0.3, 0.4) is 0 Å². The number of halogens is 1. The summed E-state index contributed by atoms with van der Waals surface area (Å²) in [5.74, 6) is -0.600. The quantitative estimate of drug-likeness (QED) is 0.682. The molecular weight excluding hydrogens is 290 g/mol. The highest BCUT2D eigenvalue weighted by Crippen LogP contribution is 2.21. The number of oxazole rings is 1. The maximum absolute atomic E-state index is 12.6. The van der Waals surface area contributed by atoms with Crippen LogP contribution in [0.4, 0.5) is 0 Å². The zero-order chi connectivity index (χ0) is 15.1. The topological polar surface area (TPSA) is 52.2 Å². The molecule has 2 aromatic carbocycles. The Morgan fingerprint density at radius 3 is 2.71 bits per heavy atom. The van der Waals surface area contributed by atoms with Crippen LogP contribution in [0.5, 0.6) is 0 Å². The van der Waals surface area contributed by atoms with Crippen molar-refractivity contribution < 1.29 is 9.21 Å². The average Bonchev–Trinajstić information content (AvgIpc) is 2.75. The normalized spacial score (nSPS) is 11.0. The zero-order valence-corrected chi connectivity index (χ0v) is 12.3. The van der Waals surface area contributed by atoms with Crippen LogP contribution in [0.1, 0.15) is 21.5 Å². The molecule has 21 heavy (non-hydrogen) atoms. The van der Waals surface area contributed by atoms with Crippen LogP contribution in [0.15, 0.2) is 45.6 Å². The van der Waals surface area contributed by atoms with Gasteiger partial charge in [-0.05, 0) is 42.8 Å². The van der Waals surface area contributed by atoms with Crippen LogP contribution >= 0.6 is 11.6 Å². The van der Waals surface area contributed by atoms with Crippen LogP contribution in [0.2, 0.25) is 5.02 Å². The largest absolute Gasteiger partial charge is 0.419 e. The second-order valence-corrected chi connectivity index (χ2v) is 5.33. The lowest BCUT2D eigenvalue weighted by Crippen LogP contribution is -2.08. The van der Waals surface area contributed by atoms with Crippen molar-refractivity contribution in [2.75, 3.05) is 0 Å². The Morgan fingerprint density at radius 1 is 1.19 bits per heavy atom. The lowest BCUT2D eigenvalue weighted by molar-refractivity contribution is 0.103. The summed E-state index contributed by atoms with van der Waals surface area (Å²) in [7, 11) is 1.62. The number of carbonyl (C=O) groups is 1. The number of carbonyl (C=O) groups excluding carboxylic acids is 1. The predicted octanol–water partition coefficient (Wildman–Crippen LogP) is 3.32. The molecule has 0 atom stereocenters. The number of fused-ring (bicyclic) bond motifs is 1. The average molecular weight is 302 g/mol. The van der Waals surface area contributed by atoms with Gasteiger partial charge < -0.3 is 4.42 Å². The van der Waals surface area contributed by atoms with Crippen LogP contribution in [-0.2, 0) is 7.05 Å². The Bertz CT molecular complexity index is 921. The Morgan fingerprint density at radius 2 is 1.95 bits per heavy atom. The van der Waals surface area contributed by atoms with E-state index < -0.39 is 5.76 Å². The van der Waals surface area contributed by atoms with Gasteiger partial charge in [0.1, 0.15) is 0 Å². The van der Waals surface area contributed by atoms with Crippen molar-refractivity contribution in [1.82, 2.24) is 4.57 Å². The van der Waals surface area contributed by atoms with Gasteiger partial charge in [0.2, 0.25) is 0 Å². The summed E-state index contributed by atoms with van der Waals surface area (Å²) in [5.41, 5.74) is 2.90. The molecule has 0 amide bonds. The molecule has 3 rings (SSSR count). The van der Waals surface area contributed by atoms with Gasteiger partial charge in [-0.2, -0.15) is 0 Å². The Balaban J connectivity index is 2.13. The number of aryl methyl sites for hydroxylation is 2. The second kappa shape index (κ2) is 4.90. The monoisotopic (exact) mass is 301 g/mol. The molecule has 0 spiro atoms. The van der Waals surface area contributed by atoms with E-state index in [2.05, 4.69) is 0 Å². The molecule has 0 radical (unpaired) electrons. The summed E-state index contributed by atoms with van der Waals surface area (Å²) >= 11 is 5.95. The second-order valence-electron chi connectivity index (χ2n) is 4.90. The van der Waals surface area contributed by atoms with E-state index in [9.17, 15) is 9.59 Å². The standard InChI is InChI=1S/C16H12ClNO3/c1-9-3-5-11(17)8-12(9)15(19)10-4-6-13-14(7-10)21-16(20)18(13)2/h3-8H,1-2H3. The van der Waals surface area contributed by atoms with E-state index in [0.29, 0.717) is 27.2 Å². The maximum atomic E-state index is 12.6. The van der Waals surface area contributed by atoms with Gasteiger partial charge in [0, 0.05) is 23.2 Å². The van der Waals surface area contributed by atoms with E-state index in [0.717, 1.165) is 5.56 Å². The Kier molecular flexibility index (Phi) is 3.18. The highest BCUT2D eigenvalue weighted by atomic mass is 35.5. The summed E-state index contributed by atoms with van der Waals surface area (Å²) < 4.78 is 6.51. The molecule has 0 aliphatic heterocycles. The number of rotatable bonds is 2. The first kappa shape index (κ1) is 13.6. The SMILES string of the molecule is Cc1ccc(Cl)cc1C(=O)c1ccc2c(c1)oc(=O)n2C. The van der Waals surface area contributed by atoms with Crippen molar-refractivity contribution in [3.63, 3.8) is 0 Å². The number of hydrogen-bond donors (Lipinski definition) is 0. The first-order valence-electron chi connectivity index (χ1n) is 6.38. The van der Waals surface area contributed by atoms with E-state index in [1.807, 2.05) is 6.92 Å². The van der Waals surface area contributed by atoms with Gasteiger partial charge in [-0.3, -0.25) is 9.36 Å². The zero-order valence-electron chi connectivity index (χ0n) is 11.5. The van der Waals surface area contributed by atoms with Crippen LogP contribution in [-0.4, -0.2) is 10.4 Å². The van der Waals surface area contributed by atoms with Crippen LogP contribution in [0.25, 0.3) is 11.1 Å². The van der Waals surface area contributed by atoms with Crippen LogP contribution in [0, 0.1) is 6.92 Å². The fraction of sp³-hybridized carbons (Fsp3) is 0.125. The van der Waals surface area contributed by atoms with Crippen molar-refractivity contribution in [1.29, 1.82) is 0 Å². The third-order valence-corrected chi connectivity index (χ3v) is 3.73. The van der Waals surface area contributed by atoms with Gasteiger partial charge in [-0.25, -0.2) is 4.79 Å². The summed E-state index contributed by atoms with van der Waals surface area (Å²) in [6.45, 7) is 1.85. The van der Waals surface area contributed by atoms with E-state index >= 15 is 0 Å². The Labute approximate surface area is 125 Å². The summed E-state index contributed by atoms with van der Waals surface area (Å²) in [6.07, 6.45) is 0. The molecule has 0 aliphatic rings. The first-order valence-corrected chi connectivity index (χ1v) is 6.75. The minimum atomic E-state index is -0.450. The molecule has 5 heteroatoms. The van der Waals surface area contributed by atoms with Crippen LogP contribution < -0.4 is 5.76 Å².